The van der Waals surface area contributed by atoms with Gasteiger partial charge in [-0.15, -0.1) is 0 Å². The van der Waals surface area contributed by atoms with Gasteiger partial charge in [0, 0.05) is 29.8 Å². The highest BCUT2D eigenvalue weighted by Crippen LogP contribution is 2.43. The minimum atomic E-state index is -0.477. The predicted molar refractivity (Wildman–Crippen MR) is 100.0 cm³/mol. The number of methoxy groups -OCH3 is 1. The van der Waals surface area contributed by atoms with Gasteiger partial charge in [-0.3, -0.25) is 4.79 Å². The average Bonchev–Trinajstić information content (AvgIpc) is 3.29. The van der Waals surface area contributed by atoms with Gasteiger partial charge >= 0.3 is 5.97 Å². The Balaban J connectivity index is 1.71. The Bertz CT molecular complexity index is 855. The number of aldehydes is 1. The van der Waals surface area contributed by atoms with Gasteiger partial charge in [-0.25, -0.2) is 4.79 Å². The van der Waals surface area contributed by atoms with Crippen LogP contribution in [0.1, 0.15) is 59.5 Å². The van der Waals surface area contributed by atoms with Crippen LogP contribution in [0.25, 0.3) is 10.9 Å². The minimum Gasteiger partial charge on any atom is -0.465 e. The van der Waals surface area contributed by atoms with Crippen LogP contribution in [-0.2, 0) is 14.2 Å². The molecule has 1 atom stereocenters. The van der Waals surface area contributed by atoms with Gasteiger partial charge in [0.15, 0.2) is 12.1 Å². The maximum atomic E-state index is 12.4. The zero-order chi connectivity index (χ0) is 19.0. The third kappa shape index (κ3) is 2.97. The number of benzene rings is 1. The molecular weight excluding hydrogens is 346 g/mol. The van der Waals surface area contributed by atoms with E-state index < -0.39 is 11.8 Å². The van der Waals surface area contributed by atoms with Gasteiger partial charge in [0.05, 0.1) is 31.6 Å². The number of hydrogen-bond acceptors (Lipinski definition) is 5. The Kier molecular flexibility index (Phi) is 4.78. The number of ether oxygens (including phenoxy) is 3. The SMILES string of the molecule is COC(=O)c1c(C=O)n([C@H](C)C2CCC3(CC2)OCCO3)c2ccccc12. The number of esters is 1. The number of carbonyl (C=O) groups excluding carboxylic acids is 2. The molecule has 27 heavy (non-hydrogen) atoms. The van der Waals surface area contributed by atoms with Gasteiger partial charge < -0.3 is 18.8 Å². The molecule has 1 aromatic carbocycles. The summed E-state index contributed by atoms with van der Waals surface area (Å²) in [5.41, 5.74) is 1.63. The van der Waals surface area contributed by atoms with Crippen molar-refractivity contribution >= 4 is 23.2 Å². The summed E-state index contributed by atoms with van der Waals surface area (Å²) in [6.45, 7) is 3.46. The molecular formula is C21H25NO5. The Morgan fingerprint density at radius 1 is 1.26 bits per heavy atom. The zero-order valence-corrected chi connectivity index (χ0v) is 15.8. The topological polar surface area (TPSA) is 66.8 Å². The van der Waals surface area contributed by atoms with Gasteiger partial charge in [0.2, 0.25) is 0 Å². The summed E-state index contributed by atoms with van der Waals surface area (Å²) in [6, 6.07) is 7.70. The van der Waals surface area contributed by atoms with Crippen molar-refractivity contribution in [1.82, 2.24) is 4.57 Å². The number of rotatable bonds is 4. The molecule has 2 aromatic rings. The molecule has 0 radical (unpaired) electrons. The first-order chi connectivity index (χ1) is 13.1. The van der Waals surface area contributed by atoms with E-state index in [-0.39, 0.29) is 6.04 Å². The van der Waals surface area contributed by atoms with Crippen LogP contribution < -0.4 is 0 Å². The summed E-state index contributed by atoms with van der Waals surface area (Å²) in [5, 5.41) is 0.757. The van der Waals surface area contributed by atoms with Crippen LogP contribution in [-0.4, -0.2) is 42.9 Å². The zero-order valence-electron chi connectivity index (χ0n) is 15.8. The number of fused-ring (bicyclic) bond motifs is 1. The fourth-order valence-electron chi connectivity index (χ4n) is 4.71. The molecule has 2 fully saturated rings. The molecule has 2 heterocycles. The largest absolute Gasteiger partial charge is 0.465 e. The third-order valence-corrected chi connectivity index (χ3v) is 6.14. The van der Waals surface area contributed by atoms with Crippen LogP contribution in [0.4, 0.5) is 0 Å². The molecule has 0 N–H and O–H groups in total. The number of carbonyl (C=O) groups is 2. The van der Waals surface area contributed by atoms with Crippen molar-refractivity contribution in [3.8, 4) is 0 Å². The lowest BCUT2D eigenvalue weighted by molar-refractivity contribution is -0.184. The maximum Gasteiger partial charge on any atom is 0.340 e. The fourth-order valence-corrected chi connectivity index (χ4v) is 4.71. The normalized spacial score (nSPS) is 20.8. The van der Waals surface area contributed by atoms with Crippen molar-refractivity contribution in [2.45, 2.75) is 44.4 Å². The van der Waals surface area contributed by atoms with Crippen molar-refractivity contribution in [2.75, 3.05) is 20.3 Å². The lowest BCUT2D eigenvalue weighted by Gasteiger charge is -2.38. The van der Waals surface area contributed by atoms with Gasteiger partial charge in [-0.2, -0.15) is 0 Å². The molecule has 6 nitrogen and oxygen atoms in total. The molecule has 0 amide bonds. The summed E-state index contributed by atoms with van der Waals surface area (Å²) in [6.07, 6.45) is 4.41. The van der Waals surface area contributed by atoms with Crippen LogP contribution in [0.3, 0.4) is 0 Å². The Morgan fingerprint density at radius 3 is 2.56 bits per heavy atom. The van der Waals surface area contributed by atoms with Gasteiger partial charge in [-0.1, -0.05) is 18.2 Å². The highest BCUT2D eigenvalue weighted by Gasteiger charge is 2.42. The van der Waals surface area contributed by atoms with Crippen LogP contribution >= 0.6 is 0 Å². The molecule has 0 bridgehead atoms. The molecule has 1 spiro atoms. The van der Waals surface area contributed by atoms with Crippen LogP contribution in [0.5, 0.6) is 0 Å². The second kappa shape index (κ2) is 7.09. The Labute approximate surface area is 158 Å². The van der Waals surface area contributed by atoms with E-state index in [2.05, 4.69) is 6.92 Å². The van der Waals surface area contributed by atoms with E-state index in [1.165, 1.54) is 7.11 Å². The van der Waals surface area contributed by atoms with E-state index in [1.54, 1.807) is 0 Å². The first-order valence-electron chi connectivity index (χ1n) is 9.54. The van der Waals surface area contributed by atoms with Gasteiger partial charge in [0.1, 0.15) is 0 Å². The van der Waals surface area contributed by atoms with Crippen molar-refractivity contribution in [2.24, 2.45) is 5.92 Å². The number of aromatic nitrogens is 1. The number of para-hydroxylation sites is 1. The van der Waals surface area contributed by atoms with E-state index in [0.717, 1.165) is 42.9 Å². The molecule has 2 aliphatic rings. The molecule has 144 valence electrons. The first kappa shape index (κ1) is 18.2. The molecule has 1 aromatic heterocycles. The first-order valence-corrected chi connectivity index (χ1v) is 9.54. The van der Waals surface area contributed by atoms with Crippen molar-refractivity contribution in [3.05, 3.63) is 35.5 Å². The molecule has 1 aliphatic carbocycles. The average molecular weight is 371 g/mol. The lowest BCUT2D eigenvalue weighted by Crippen LogP contribution is -2.37. The second-order valence-corrected chi connectivity index (χ2v) is 7.44. The highest BCUT2D eigenvalue weighted by atomic mass is 16.7. The van der Waals surface area contributed by atoms with E-state index >= 15 is 0 Å². The van der Waals surface area contributed by atoms with Crippen LogP contribution in [0.2, 0.25) is 0 Å². The quantitative estimate of drug-likeness (QED) is 0.605. The van der Waals surface area contributed by atoms with Crippen molar-refractivity contribution in [3.63, 3.8) is 0 Å². The summed E-state index contributed by atoms with van der Waals surface area (Å²) < 4.78 is 18.6. The molecule has 0 unspecified atom stereocenters. The van der Waals surface area contributed by atoms with Crippen molar-refractivity contribution in [1.29, 1.82) is 0 Å². The molecule has 1 saturated heterocycles. The summed E-state index contributed by atoms with van der Waals surface area (Å²) in [4.78, 5) is 24.3. The summed E-state index contributed by atoms with van der Waals surface area (Å²) in [7, 11) is 1.34. The Morgan fingerprint density at radius 2 is 1.93 bits per heavy atom. The number of nitrogens with zero attached hydrogens (tertiary/aromatic N) is 1. The second-order valence-electron chi connectivity index (χ2n) is 7.44. The maximum absolute atomic E-state index is 12.4. The molecule has 4 rings (SSSR count). The third-order valence-electron chi connectivity index (χ3n) is 6.14. The number of hydrogen-bond donors (Lipinski definition) is 0. The fraction of sp³-hybridized carbons (Fsp3) is 0.524. The minimum absolute atomic E-state index is 0.0762. The standard InChI is InChI=1S/C21H25NO5/c1-14(15-7-9-21(10-8-15)26-11-12-27-21)22-17-6-4-3-5-16(17)19(18(22)13-23)20(24)25-2/h3-6,13-15H,7-12H2,1-2H3/t14-/m1/s1. The summed E-state index contributed by atoms with van der Waals surface area (Å²) in [5.74, 6) is -0.502. The van der Waals surface area contributed by atoms with E-state index in [1.807, 2.05) is 28.8 Å². The van der Waals surface area contributed by atoms with Crippen LogP contribution in [0, 0.1) is 5.92 Å². The molecule has 1 aliphatic heterocycles. The Hall–Kier alpha value is -2.18. The monoisotopic (exact) mass is 371 g/mol. The van der Waals surface area contributed by atoms with Crippen LogP contribution in [0.15, 0.2) is 24.3 Å². The van der Waals surface area contributed by atoms with Crippen molar-refractivity contribution < 1.29 is 23.8 Å². The van der Waals surface area contributed by atoms with E-state index in [9.17, 15) is 9.59 Å². The summed E-state index contributed by atoms with van der Waals surface area (Å²) >= 11 is 0. The highest BCUT2D eigenvalue weighted by molar-refractivity contribution is 6.10. The van der Waals surface area contributed by atoms with E-state index in [0.29, 0.717) is 30.4 Å². The van der Waals surface area contributed by atoms with E-state index in [4.69, 9.17) is 14.2 Å². The van der Waals surface area contributed by atoms with Gasteiger partial charge in [0.25, 0.3) is 0 Å². The lowest BCUT2D eigenvalue weighted by atomic mass is 9.81. The predicted octanol–water partition coefficient (Wildman–Crippen LogP) is 3.73. The smallest absolute Gasteiger partial charge is 0.340 e. The molecule has 6 heteroatoms. The van der Waals surface area contributed by atoms with Gasteiger partial charge in [-0.05, 0) is 31.7 Å². The molecule has 1 saturated carbocycles.